The fourth-order valence-electron chi connectivity index (χ4n) is 2.40. The molecule has 2 rings (SSSR count). The Labute approximate surface area is 159 Å². The Kier molecular flexibility index (Phi) is 8.03. The van der Waals surface area contributed by atoms with E-state index < -0.39 is 0 Å². The number of benzene rings is 2. The maximum Gasteiger partial charge on any atom is 0.240 e. The lowest BCUT2D eigenvalue weighted by molar-refractivity contribution is -0.124. The third-order valence-electron chi connectivity index (χ3n) is 3.95. The summed E-state index contributed by atoms with van der Waals surface area (Å²) in [4.78, 5) is 23.9. The number of hydrogen-bond donors (Lipinski definition) is 2. The lowest BCUT2D eigenvalue weighted by Gasteiger charge is -2.07. The number of nitrogens with one attached hydrogen (secondary N) is 2. The van der Waals surface area contributed by atoms with Crippen LogP contribution in [-0.4, -0.2) is 24.6 Å². The third-order valence-corrected chi connectivity index (χ3v) is 3.95. The van der Waals surface area contributed by atoms with Gasteiger partial charge in [-0.3, -0.25) is 9.59 Å². The molecule has 6 nitrogen and oxygen atoms in total. The lowest BCUT2D eigenvalue weighted by atomic mass is 10.1. The lowest BCUT2D eigenvalue weighted by Crippen LogP contribution is -2.22. The minimum absolute atomic E-state index is 0.0772. The summed E-state index contributed by atoms with van der Waals surface area (Å²) < 4.78 is 5.07. The van der Waals surface area contributed by atoms with Crippen LogP contribution in [0.4, 0.5) is 5.69 Å². The Morgan fingerprint density at radius 3 is 2.26 bits per heavy atom. The van der Waals surface area contributed by atoms with Crippen molar-refractivity contribution in [1.82, 2.24) is 5.43 Å². The number of carbonyl (C=O) groups is 2. The summed E-state index contributed by atoms with van der Waals surface area (Å²) in [6.45, 7) is 2.00. The first-order valence-corrected chi connectivity index (χ1v) is 8.92. The SMILES string of the molecule is CC/C(Cc1ccccc1)=N/NC(=O)CCC(=O)Nc1ccc(OC)cc1. The van der Waals surface area contributed by atoms with Crippen molar-refractivity contribution in [2.45, 2.75) is 32.6 Å². The number of carbonyl (C=O) groups excluding carboxylic acids is 2. The van der Waals surface area contributed by atoms with Crippen LogP contribution in [0.25, 0.3) is 0 Å². The summed E-state index contributed by atoms with van der Waals surface area (Å²) in [6.07, 6.45) is 1.60. The molecule has 0 radical (unpaired) electrons. The van der Waals surface area contributed by atoms with Crippen LogP contribution < -0.4 is 15.5 Å². The van der Waals surface area contributed by atoms with Gasteiger partial charge in [0.05, 0.1) is 7.11 Å². The maximum atomic E-state index is 11.9. The predicted molar refractivity (Wildman–Crippen MR) is 107 cm³/mol. The number of anilines is 1. The van der Waals surface area contributed by atoms with Gasteiger partial charge >= 0.3 is 0 Å². The number of hydrazone groups is 1. The Morgan fingerprint density at radius 1 is 0.963 bits per heavy atom. The fraction of sp³-hybridized carbons (Fsp3) is 0.286. The van der Waals surface area contributed by atoms with E-state index in [0.717, 1.165) is 17.7 Å². The van der Waals surface area contributed by atoms with E-state index in [-0.39, 0.29) is 24.7 Å². The number of hydrogen-bond acceptors (Lipinski definition) is 4. The molecule has 27 heavy (non-hydrogen) atoms. The van der Waals surface area contributed by atoms with Crippen LogP contribution in [0.2, 0.25) is 0 Å². The summed E-state index contributed by atoms with van der Waals surface area (Å²) in [5.74, 6) is 0.214. The molecule has 0 bridgehead atoms. The molecule has 0 aromatic heterocycles. The molecule has 142 valence electrons. The molecule has 0 atom stereocenters. The first kappa shape index (κ1) is 20.2. The standard InChI is InChI=1S/C21H25N3O3/c1-3-17(15-16-7-5-4-6-8-16)23-24-21(26)14-13-20(25)22-18-9-11-19(27-2)12-10-18/h4-12H,3,13-15H2,1-2H3,(H,22,25)(H,24,26)/b23-17-. The van der Waals surface area contributed by atoms with E-state index in [1.807, 2.05) is 37.3 Å². The quantitative estimate of drug-likeness (QED) is 0.525. The molecule has 0 aliphatic rings. The second-order valence-electron chi connectivity index (χ2n) is 6.01. The highest BCUT2D eigenvalue weighted by molar-refractivity contribution is 5.93. The zero-order chi connectivity index (χ0) is 19.5. The predicted octanol–water partition coefficient (Wildman–Crippen LogP) is 3.54. The Balaban J connectivity index is 1.76. The monoisotopic (exact) mass is 367 g/mol. The van der Waals surface area contributed by atoms with Gasteiger partial charge in [0, 0.05) is 30.7 Å². The number of rotatable bonds is 9. The fourth-order valence-corrected chi connectivity index (χ4v) is 2.40. The Morgan fingerprint density at radius 2 is 1.63 bits per heavy atom. The van der Waals surface area contributed by atoms with Crippen LogP contribution in [0.15, 0.2) is 59.7 Å². The Bertz CT molecular complexity index is 771. The third kappa shape index (κ3) is 7.32. The first-order valence-electron chi connectivity index (χ1n) is 8.92. The first-order chi connectivity index (χ1) is 13.1. The van der Waals surface area contributed by atoms with Gasteiger partial charge in [-0.25, -0.2) is 5.43 Å². The topological polar surface area (TPSA) is 79.8 Å². The molecular weight excluding hydrogens is 342 g/mol. The molecule has 2 N–H and O–H groups in total. The zero-order valence-corrected chi connectivity index (χ0v) is 15.7. The van der Waals surface area contributed by atoms with E-state index >= 15 is 0 Å². The van der Waals surface area contributed by atoms with Gasteiger partial charge in [0.15, 0.2) is 0 Å². The van der Waals surface area contributed by atoms with Crippen LogP contribution in [0.1, 0.15) is 31.7 Å². The van der Waals surface area contributed by atoms with E-state index in [0.29, 0.717) is 17.9 Å². The molecule has 2 amide bonds. The molecular formula is C21H25N3O3. The minimum Gasteiger partial charge on any atom is -0.497 e. The van der Waals surface area contributed by atoms with Gasteiger partial charge < -0.3 is 10.1 Å². The van der Waals surface area contributed by atoms with Crippen LogP contribution in [0.5, 0.6) is 5.75 Å². The van der Waals surface area contributed by atoms with Gasteiger partial charge in [-0.15, -0.1) is 0 Å². The molecule has 0 heterocycles. The van der Waals surface area contributed by atoms with Crippen molar-refractivity contribution < 1.29 is 14.3 Å². The second kappa shape index (κ2) is 10.8. The van der Waals surface area contributed by atoms with Crippen molar-refractivity contribution in [3.63, 3.8) is 0 Å². The second-order valence-corrected chi connectivity index (χ2v) is 6.01. The van der Waals surface area contributed by atoms with Crippen LogP contribution in [-0.2, 0) is 16.0 Å². The van der Waals surface area contributed by atoms with Gasteiger partial charge in [-0.05, 0) is 36.2 Å². The van der Waals surface area contributed by atoms with Crippen LogP contribution in [0.3, 0.4) is 0 Å². The molecule has 0 spiro atoms. The number of ether oxygens (including phenoxy) is 1. The number of nitrogens with zero attached hydrogens (tertiary/aromatic N) is 1. The summed E-state index contributed by atoms with van der Waals surface area (Å²) in [5.41, 5.74) is 5.23. The molecule has 0 unspecified atom stereocenters. The van der Waals surface area contributed by atoms with Crippen molar-refractivity contribution in [1.29, 1.82) is 0 Å². The Hall–Kier alpha value is -3.15. The minimum atomic E-state index is -0.279. The molecule has 0 aliphatic carbocycles. The summed E-state index contributed by atoms with van der Waals surface area (Å²) in [7, 11) is 1.58. The largest absolute Gasteiger partial charge is 0.497 e. The highest BCUT2D eigenvalue weighted by Gasteiger charge is 2.08. The van der Waals surface area contributed by atoms with E-state index in [9.17, 15) is 9.59 Å². The van der Waals surface area contributed by atoms with Gasteiger partial charge in [0.2, 0.25) is 11.8 Å². The van der Waals surface area contributed by atoms with E-state index in [4.69, 9.17) is 4.74 Å². The van der Waals surface area contributed by atoms with Crippen LogP contribution in [0, 0.1) is 0 Å². The highest BCUT2D eigenvalue weighted by atomic mass is 16.5. The van der Waals surface area contributed by atoms with Gasteiger partial charge in [0.1, 0.15) is 5.75 Å². The zero-order valence-electron chi connectivity index (χ0n) is 15.7. The van der Waals surface area contributed by atoms with Gasteiger partial charge in [0.25, 0.3) is 0 Å². The highest BCUT2D eigenvalue weighted by Crippen LogP contribution is 2.15. The van der Waals surface area contributed by atoms with Crippen molar-refractivity contribution >= 4 is 23.2 Å². The smallest absolute Gasteiger partial charge is 0.240 e. The average molecular weight is 367 g/mol. The van der Waals surface area contributed by atoms with E-state index in [2.05, 4.69) is 15.8 Å². The van der Waals surface area contributed by atoms with Gasteiger partial charge in [-0.1, -0.05) is 37.3 Å². The summed E-state index contributed by atoms with van der Waals surface area (Å²) >= 11 is 0. The van der Waals surface area contributed by atoms with Crippen molar-refractivity contribution in [2.24, 2.45) is 5.10 Å². The van der Waals surface area contributed by atoms with Crippen LogP contribution >= 0.6 is 0 Å². The number of amides is 2. The van der Waals surface area contributed by atoms with E-state index in [1.54, 1.807) is 31.4 Å². The van der Waals surface area contributed by atoms with E-state index in [1.165, 1.54) is 0 Å². The number of methoxy groups -OCH3 is 1. The summed E-state index contributed by atoms with van der Waals surface area (Å²) in [5, 5.41) is 6.94. The average Bonchev–Trinajstić information content (AvgIpc) is 2.71. The van der Waals surface area contributed by atoms with Crippen molar-refractivity contribution in [2.75, 3.05) is 12.4 Å². The van der Waals surface area contributed by atoms with Crippen molar-refractivity contribution in [3.05, 3.63) is 60.2 Å². The molecule has 2 aromatic rings. The maximum absolute atomic E-state index is 11.9. The normalized spacial score (nSPS) is 11.0. The summed E-state index contributed by atoms with van der Waals surface area (Å²) in [6, 6.07) is 17.0. The van der Waals surface area contributed by atoms with Gasteiger partial charge in [-0.2, -0.15) is 5.10 Å². The molecule has 2 aromatic carbocycles. The molecule has 6 heteroatoms. The van der Waals surface area contributed by atoms with Crippen molar-refractivity contribution in [3.8, 4) is 5.75 Å². The molecule has 0 saturated heterocycles. The molecule has 0 fully saturated rings. The molecule has 0 saturated carbocycles. The molecule has 0 aliphatic heterocycles.